The van der Waals surface area contributed by atoms with Gasteiger partial charge in [-0.15, -0.1) is 0 Å². The number of para-hydroxylation sites is 1. The van der Waals surface area contributed by atoms with Crippen LogP contribution in [0.25, 0.3) is 0 Å². The Balaban J connectivity index is 2.53. The Morgan fingerprint density at radius 2 is 2.12 bits per heavy atom. The lowest BCUT2D eigenvalue weighted by Crippen LogP contribution is -2.32. The number of aromatic nitrogens is 3. The third kappa shape index (κ3) is 4.14. The van der Waals surface area contributed by atoms with Gasteiger partial charge in [-0.1, -0.05) is 26.8 Å². The molecule has 0 atom stereocenters. The molecule has 25 heavy (non-hydrogen) atoms. The predicted molar refractivity (Wildman–Crippen MR) is 99.5 cm³/mol. The Morgan fingerprint density at radius 3 is 2.72 bits per heavy atom. The largest absolute Gasteiger partial charge is 0.492 e. The van der Waals surface area contributed by atoms with E-state index in [0.717, 1.165) is 4.68 Å². The van der Waals surface area contributed by atoms with Crippen LogP contribution in [0.1, 0.15) is 39.0 Å². The molecule has 1 heterocycles. The van der Waals surface area contributed by atoms with E-state index in [1.165, 1.54) is 6.21 Å². The highest BCUT2D eigenvalue weighted by Gasteiger charge is 2.21. The van der Waals surface area contributed by atoms with E-state index in [4.69, 9.17) is 21.7 Å². The van der Waals surface area contributed by atoms with E-state index in [-0.39, 0.29) is 10.3 Å². The quantitative estimate of drug-likeness (QED) is 0.653. The van der Waals surface area contributed by atoms with Crippen LogP contribution in [0.4, 0.5) is 0 Å². The number of hydrogen-bond donors (Lipinski definition) is 1. The average Bonchev–Trinajstić information content (AvgIpc) is 2.53. The van der Waals surface area contributed by atoms with Gasteiger partial charge in [0.1, 0.15) is 5.69 Å². The van der Waals surface area contributed by atoms with Crippen molar-refractivity contribution < 1.29 is 9.47 Å². The molecule has 0 aliphatic rings. The maximum absolute atomic E-state index is 12.6. The number of benzene rings is 1. The van der Waals surface area contributed by atoms with E-state index >= 15 is 0 Å². The maximum atomic E-state index is 12.6. The molecule has 0 saturated heterocycles. The molecule has 0 spiro atoms. The lowest BCUT2D eigenvalue weighted by molar-refractivity contribution is 0.310. The van der Waals surface area contributed by atoms with Crippen LogP contribution in [0.3, 0.4) is 0 Å². The Labute approximate surface area is 151 Å². The van der Waals surface area contributed by atoms with Crippen LogP contribution in [0.2, 0.25) is 0 Å². The first kappa shape index (κ1) is 18.9. The molecule has 0 bridgehead atoms. The topological polar surface area (TPSA) is 81.5 Å². The molecule has 0 aliphatic carbocycles. The van der Waals surface area contributed by atoms with Crippen molar-refractivity contribution in [1.82, 2.24) is 14.9 Å². The monoisotopic (exact) mass is 362 g/mol. The van der Waals surface area contributed by atoms with Crippen molar-refractivity contribution in [1.29, 1.82) is 0 Å². The molecule has 0 amide bonds. The van der Waals surface area contributed by atoms with Gasteiger partial charge in [0.05, 0.1) is 19.9 Å². The molecule has 0 radical (unpaired) electrons. The molecule has 8 heteroatoms. The molecule has 1 N–H and O–H groups in total. The molecule has 7 nitrogen and oxygen atoms in total. The van der Waals surface area contributed by atoms with Gasteiger partial charge in [-0.2, -0.15) is 14.9 Å². The number of aromatic amines is 1. The van der Waals surface area contributed by atoms with Crippen molar-refractivity contribution in [3.8, 4) is 11.5 Å². The van der Waals surface area contributed by atoms with Crippen molar-refractivity contribution in [2.45, 2.75) is 33.1 Å². The van der Waals surface area contributed by atoms with Gasteiger partial charge in [0.2, 0.25) is 4.77 Å². The smallest absolute Gasteiger partial charge is 0.297 e. The van der Waals surface area contributed by atoms with Crippen molar-refractivity contribution in [3.05, 3.63) is 44.6 Å². The number of methoxy groups -OCH3 is 1. The van der Waals surface area contributed by atoms with E-state index < -0.39 is 5.41 Å². The summed E-state index contributed by atoms with van der Waals surface area (Å²) in [5.41, 5.74) is 0.241. The van der Waals surface area contributed by atoms with Crippen LogP contribution in [0, 0.1) is 4.77 Å². The van der Waals surface area contributed by atoms with Gasteiger partial charge in [0.25, 0.3) is 5.56 Å². The van der Waals surface area contributed by atoms with Gasteiger partial charge in [0.15, 0.2) is 11.5 Å². The van der Waals surface area contributed by atoms with E-state index in [0.29, 0.717) is 29.4 Å². The minimum Gasteiger partial charge on any atom is -0.492 e. The average molecular weight is 362 g/mol. The molecule has 2 rings (SSSR count). The Bertz CT molecular complexity index is 894. The number of ether oxygens (including phenoxy) is 2. The second-order valence-corrected chi connectivity index (χ2v) is 6.69. The Hall–Kier alpha value is -2.48. The predicted octanol–water partition coefficient (Wildman–Crippen LogP) is 2.89. The number of H-pyrrole nitrogens is 1. The zero-order valence-electron chi connectivity index (χ0n) is 15.0. The lowest BCUT2D eigenvalue weighted by atomic mass is 9.93. The molecule has 2 aromatic rings. The standard InChI is InChI=1S/C17H22N4O3S/c1-6-24-12-9-7-8-11(13(12)23-5)10-18-21-15(22)14(17(2,3)4)19-20-16(21)25/h7-10H,6H2,1-5H3,(H,20,25)/b18-10-. The fourth-order valence-electron chi connectivity index (χ4n) is 2.23. The number of nitrogens with one attached hydrogen (secondary N) is 1. The highest BCUT2D eigenvalue weighted by atomic mass is 32.1. The summed E-state index contributed by atoms with van der Waals surface area (Å²) < 4.78 is 12.2. The van der Waals surface area contributed by atoms with Gasteiger partial charge in [-0.05, 0) is 31.3 Å². The van der Waals surface area contributed by atoms with Gasteiger partial charge in [0, 0.05) is 11.0 Å². The zero-order valence-corrected chi connectivity index (χ0v) is 15.8. The van der Waals surface area contributed by atoms with Crippen LogP contribution < -0.4 is 15.0 Å². The number of hydrogen-bond acceptors (Lipinski definition) is 6. The summed E-state index contributed by atoms with van der Waals surface area (Å²) in [7, 11) is 1.55. The van der Waals surface area contributed by atoms with Crippen LogP contribution >= 0.6 is 12.2 Å². The maximum Gasteiger partial charge on any atom is 0.297 e. The molecule has 0 saturated carbocycles. The van der Waals surface area contributed by atoms with Gasteiger partial charge >= 0.3 is 0 Å². The Kier molecular flexibility index (Phi) is 5.73. The van der Waals surface area contributed by atoms with Gasteiger partial charge in [-0.3, -0.25) is 9.89 Å². The van der Waals surface area contributed by atoms with Gasteiger partial charge < -0.3 is 9.47 Å². The minimum atomic E-state index is -0.430. The van der Waals surface area contributed by atoms with E-state index in [1.54, 1.807) is 7.11 Å². The third-order valence-corrected chi connectivity index (χ3v) is 3.65. The first-order valence-corrected chi connectivity index (χ1v) is 8.26. The summed E-state index contributed by atoms with van der Waals surface area (Å²) in [5, 5.41) is 11.0. The van der Waals surface area contributed by atoms with Crippen molar-refractivity contribution >= 4 is 18.4 Å². The highest BCUT2D eigenvalue weighted by molar-refractivity contribution is 7.71. The molecule has 0 unspecified atom stereocenters. The zero-order chi connectivity index (χ0) is 18.6. The van der Waals surface area contributed by atoms with Crippen LogP contribution in [-0.4, -0.2) is 34.8 Å². The summed E-state index contributed by atoms with van der Waals surface area (Å²) in [5.74, 6) is 1.15. The second-order valence-electron chi connectivity index (χ2n) is 6.30. The molecule has 134 valence electrons. The molecule has 0 fully saturated rings. The van der Waals surface area contributed by atoms with E-state index in [1.807, 2.05) is 45.9 Å². The fourth-order valence-corrected chi connectivity index (χ4v) is 2.40. The summed E-state index contributed by atoms with van der Waals surface area (Å²) in [6, 6.07) is 5.45. The summed E-state index contributed by atoms with van der Waals surface area (Å²) in [6.45, 7) is 8.10. The molecule has 1 aromatic carbocycles. The summed E-state index contributed by atoms with van der Waals surface area (Å²) in [4.78, 5) is 12.6. The van der Waals surface area contributed by atoms with Crippen molar-refractivity contribution in [2.24, 2.45) is 5.10 Å². The molecular weight excluding hydrogens is 340 g/mol. The number of nitrogens with zero attached hydrogens (tertiary/aromatic N) is 3. The van der Waals surface area contributed by atoms with E-state index in [2.05, 4.69) is 15.3 Å². The molecular formula is C17H22N4O3S. The van der Waals surface area contributed by atoms with Gasteiger partial charge in [-0.25, -0.2) is 0 Å². The molecule has 1 aromatic heterocycles. The normalized spacial score (nSPS) is 11.7. The number of rotatable bonds is 5. The first-order chi connectivity index (χ1) is 11.8. The fraction of sp³-hybridized carbons (Fsp3) is 0.412. The van der Waals surface area contributed by atoms with Crippen LogP contribution in [0.5, 0.6) is 11.5 Å². The SMILES string of the molecule is CCOc1cccc(/C=N\n2c(=S)[nH]nc(C(C)(C)C)c2=O)c1OC. The van der Waals surface area contributed by atoms with E-state index in [9.17, 15) is 4.79 Å². The van der Waals surface area contributed by atoms with Crippen LogP contribution in [-0.2, 0) is 5.41 Å². The summed E-state index contributed by atoms with van der Waals surface area (Å²) in [6.07, 6.45) is 1.51. The second kappa shape index (κ2) is 7.60. The summed E-state index contributed by atoms with van der Waals surface area (Å²) >= 11 is 5.14. The molecule has 0 aliphatic heterocycles. The minimum absolute atomic E-state index is 0.120. The first-order valence-electron chi connectivity index (χ1n) is 7.86. The van der Waals surface area contributed by atoms with Crippen molar-refractivity contribution in [2.75, 3.05) is 13.7 Å². The highest BCUT2D eigenvalue weighted by Crippen LogP contribution is 2.29. The van der Waals surface area contributed by atoms with Crippen molar-refractivity contribution in [3.63, 3.8) is 0 Å². The third-order valence-electron chi connectivity index (χ3n) is 3.39. The lowest BCUT2D eigenvalue weighted by Gasteiger charge is -2.16. The van der Waals surface area contributed by atoms with Crippen LogP contribution in [0.15, 0.2) is 28.1 Å². The Morgan fingerprint density at radius 1 is 1.40 bits per heavy atom.